The summed E-state index contributed by atoms with van der Waals surface area (Å²) in [6, 6.07) is 5.60. The van der Waals surface area contributed by atoms with Gasteiger partial charge in [-0.1, -0.05) is 17.7 Å². The zero-order chi connectivity index (χ0) is 14.5. The van der Waals surface area contributed by atoms with Crippen LogP contribution < -0.4 is 10.5 Å². The summed E-state index contributed by atoms with van der Waals surface area (Å²) < 4.78 is 5.61. The average Bonchev–Trinajstić information content (AvgIpc) is 2.48. The predicted molar refractivity (Wildman–Crippen MR) is 80.1 cm³/mol. The van der Waals surface area contributed by atoms with Crippen molar-refractivity contribution in [1.29, 1.82) is 0 Å². The molecule has 1 fully saturated rings. The zero-order valence-corrected chi connectivity index (χ0v) is 12.5. The molecule has 1 heterocycles. The molecule has 1 aliphatic rings. The number of rotatable bonds is 4. The summed E-state index contributed by atoms with van der Waals surface area (Å²) in [5, 5.41) is 0.646. The van der Waals surface area contributed by atoms with Gasteiger partial charge in [-0.25, -0.2) is 0 Å². The second-order valence-electron chi connectivity index (χ2n) is 5.12. The molecule has 1 unspecified atom stereocenters. The smallest absolute Gasteiger partial charge is 0.260 e. The van der Waals surface area contributed by atoms with Crippen LogP contribution in [-0.4, -0.2) is 36.5 Å². The molecule has 0 aromatic heterocycles. The maximum atomic E-state index is 12.2. The first kappa shape index (κ1) is 15.1. The number of piperidine rings is 1. The first-order valence-electron chi connectivity index (χ1n) is 7.01. The van der Waals surface area contributed by atoms with Gasteiger partial charge in [-0.15, -0.1) is 0 Å². The highest BCUT2D eigenvalue weighted by Gasteiger charge is 2.25. The fraction of sp³-hybridized carbons (Fsp3) is 0.533. The van der Waals surface area contributed by atoms with Gasteiger partial charge in [-0.05, 0) is 38.3 Å². The van der Waals surface area contributed by atoms with E-state index < -0.39 is 0 Å². The third-order valence-corrected chi connectivity index (χ3v) is 4.20. The van der Waals surface area contributed by atoms with Crippen molar-refractivity contribution in [2.45, 2.75) is 32.2 Å². The zero-order valence-electron chi connectivity index (χ0n) is 11.8. The van der Waals surface area contributed by atoms with E-state index in [1.54, 1.807) is 6.07 Å². The fourth-order valence-corrected chi connectivity index (χ4v) is 2.71. The standard InChI is InChI=1S/C15H21ClN2O2/c1-11-13(16)6-4-7-14(11)20-10-15(19)18-8-3-2-5-12(18)9-17/h4,6-7,12H,2-3,5,8-10,17H2,1H3. The van der Waals surface area contributed by atoms with Crippen LogP contribution in [0.1, 0.15) is 24.8 Å². The maximum Gasteiger partial charge on any atom is 0.260 e. The summed E-state index contributed by atoms with van der Waals surface area (Å²) in [7, 11) is 0. The van der Waals surface area contributed by atoms with Crippen molar-refractivity contribution in [3.05, 3.63) is 28.8 Å². The summed E-state index contributed by atoms with van der Waals surface area (Å²) in [4.78, 5) is 14.1. The van der Waals surface area contributed by atoms with E-state index in [4.69, 9.17) is 22.1 Å². The summed E-state index contributed by atoms with van der Waals surface area (Å²) in [6.07, 6.45) is 3.16. The molecule has 0 aliphatic carbocycles. The van der Waals surface area contributed by atoms with Crippen molar-refractivity contribution in [2.24, 2.45) is 5.73 Å². The minimum Gasteiger partial charge on any atom is -0.483 e. The molecular formula is C15H21ClN2O2. The van der Waals surface area contributed by atoms with Gasteiger partial charge in [-0.3, -0.25) is 4.79 Å². The molecule has 20 heavy (non-hydrogen) atoms. The summed E-state index contributed by atoms with van der Waals surface area (Å²) >= 11 is 6.03. The number of halogens is 1. The Bertz CT molecular complexity index is 479. The third-order valence-electron chi connectivity index (χ3n) is 3.79. The van der Waals surface area contributed by atoms with E-state index in [0.717, 1.165) is 31.4 Å². The number of nitrogens with zero attached hydrogens (tertiary/aromatic N) is 1. The highest BCUT2D eigenvalue weighted by molar-refractivity contribution is 6.31. The van der Waals surface area contributed by atoms with Crippen LogP contribution >= 0.6 is 11.6 Å². The highest BCUT2D eigenvalue weighted by atomic mass is 35.5. The number of hydrogen-bond donors (Lipinski definition) is 1. The summed E-state index contributed by atoms with van der Waals surface area (Å²) in [6.45, 7) is 3.21. The minimum atomic E-state index is -0.000439. The third kappa shape index (κ3) is 3.44. The Morgan fingerprint density at radius 2 is 2.30 bits per heavy atom. The summed E-state index contributed by atoms with van der Waals surface area (Å²) in [5.41, 5.74) is 6.59. The van der Waals surface area contributed by atoms with Crippen LogP contribution in [0.4, 0.5) is 0 Å². The van der Waals surface area contributed by atoms with Gasteiger partial charge in [0, 0.05) is 29.7 Å². The molecule has 1 aliphatic heterocycles. The molecule has 5 heteroatoms. The molecular weight excluding hydrogens is 276 g/mol. The van der Waals surface area contributed by atoms with Gasteiger partial charge in [0.15, 0.2) is 6.61 Å². The van der Waals surface area contributed by atoms with Crippen molar-refractivity contribution in [1.82, 2.24) is 4.90 Å². The van der Waals surface area contributed by atoms with Gasteiger partial charge >= 0.3 is 0 Å². The number of likely N-dealkylation sites (tertiary alicyclic amines) is 1. The molecule has 1 atom stereocenters. The van der Waals surface area contributed by atoms with E-state index in [9.17, 15) is 4.79 Å². The Labute approximate surface area is 124 Å². The number of carbonyl (C=O) groups is 1. The second kappa shape index (κ2) is 6.95. The van der Waals surface area contributed by atoms with Crippen molar-refractivity contribution < 1.29 is 9.53 Å². The Kier molecular flexibility index (Phi) is 5.26. The molecule has 4 nitrogen and oxygen atoms in total. The quantitative estimate of drug-likeness (QED) is 0.928. The van der Waals surface area contributed by atoms with Crippen LogP contribution in [0.15, 0.2) is 18.2 Å². The fourth-order valence-electron chi connectivity index (χ4n) is 2.54. The number of ether oxygens (including phenoxy) is 1. The first-order valence-corrected chi connectivity index (χ1v) is 7.38. The van der Waals surface area contributed by atoms with Crippen LogP contribution in [0.25, 0.3) is 0 Å². The van der Waals surface area contributed by atoms with Crippen LogP contribution in [0.5, 0.6) is 5.75 Å². The lowest BCUT2D eigenvalue weighted by molar-refractivity contribution is -0.136. The Morgan fingerprint density at radius 1 is 1.50 bits per heavy atom. The topological polar surface area (TPSA) is 55.6 Å². The molecule has 1 aromatic carbocycles. The van der Waals surface area contributed by atoms with E-state index >= 15 is 0 Å². The van der Waals surface area contributed by atoms with Gasteiger partial charge in [0.25, 0.3) is 5.91 Å². The van der Waals surface area contributed by atoms with Gasteiger partial charge < -0.3 is 15.4 Å². The molecule has 2 rings (SSSR count). The van der Waals surface area contributed by atoms with E-state index in [1.807, 2.05) is 24.0 Å². The monoisotopic (exact) mass is 296 g/mol. The number of benzene rings is 1. The lowest BCUT2D eigenvalue weighted by Crippen LogP contribution is -2.49. The van der Waals surface area contributed by atoms with Crippen molar-refractivity contribution in [2.75, 3.05) is 19.7 Å². The molecule has 1 aromatic rings. The minimum absolute atomic E-state index is 0.000439. The van der Waals surface area contributed by atoms with Crippen molar-refractivity contribution >= 4 is 17.5 Å². The SMILES string of the molecule is Cc1c(Cl)cccc1OCC(=O)N1CCCCC1CN. The number of carbonyl (C=O) groups excluding carboxylic acids is 1. The average molecular weight is 297 g/mol. The van der Waals surface area contributed by atoms with Gasteiger partial charge in [0.2, 0.25) is 0 Å². The van der Waals surface area contributed by atoms with E-state index in [1.165, 1.54) is 0 Å². The molecule has 110 valence electrons. The van der Waals surface area contributed by atoms with Gasteiger partial charge in [0.05, 0.1) is 0 Å². The lowest BCUT2D eigenvalue weighted by Gasteiger charge is -2.35. The Balaban J connectivity index is 1.96. The summed E-state index contributed by atoms with van der Waals surface area (Å²) in [5.74, 6) is 0.659. The first-order chi connectivity index (χ1) is 9.63. The molecule has 0 spiro atoms. The molecule has 2 N–H and O–H groups in total. The lowest BCUT2D eigenvalue weighted by atomic mass is 10.0. The van der Waals surface area contributed by atoms with E-state index in [-0.39, 0.29) is 18.6 Å². The predicted octanol–water partition coefficient (Wildman–Crippen LogP) is 2.37. The molecule has 0 radical (unpaired) electrons. The number of nitrogens with two attached hydrogens (primary N) is 1. The Hall–Kier alpha value is -1.26. The van der Waals surface area contributed by atoms with E-state index in [0.29, 0.717) is 17.3 Å². The maximum absolute atomic E-state index is 12.2. The van der Waals surface area contributed by atoms with Gasteiger partial charge in [-0.2, -0.15) is 0 Å². The van der Waals surface area contributed by atoms with Crippen molar-refractivity contribution in [3.63, 3.8) is 0 Å². The largest absolute Gasteiger partial charge is 0.483 e. The van der Waals surface area contributed by atoms with Crippen LogP contribution in [0, 0.1) is 6.92 Å². The number of hydrogen-bond acceptors (Lipinski definition) is 3. The van der Waals surface area contributed by atoms with Crippen LogP contribution in [0.2, 0.25) is 5.02 Å². The van der Waals surface area contributed by atoms with E-state index in [2.05, 4.69) is 0 Å². The van der Waals surface area contributed by atoms with Crippen LogP contribution in [0.3, 0.4) is 0 Å². The molecule has 1 amide bonds. The Morgan fingerprint density at radius 3 is 3.05 bits per heavy atom. The number of amides is 1. The van der Waals surface area contributed by atoms with Gasteiger partial charge in [0.1, 0.15) is 5.75 Å². The molecule has 0 bridgehead atoms. The van der Waals surface area contributed by atoms with Crippen LogP contribution in [-0.2, 0) is 4.79 Å². The normalized spacial score (nSPS) is 18.9. The molecule has 0 saturated carbocycles. The van der Waals surface area contributed by atoms with Crippen molar-refractivity contribution in [3.8, 4) is 5.75 Å². The highest BCUT2D eigenvalue weighted by Crippen LogP contribution is 2.25. The molecule has 1 saturated heterocycles. The second-order valence-corrected chi connectivity index (χ2v) is 5.53.